The molecular weight excluding hydrogens is 468 g/mol. The van der Waals surface area contributed by atoms with Crippen LogP contribution in [-0.2, 0) is 16.1 Å². The lowest BCUT2D eigenvalue weighted by molar-refractivity contribution is -0.147. The highest BCUT2D eigenvalue weighted by molar-refractivity contribution is 6.02. The molecule has 9 heteroatoms. The van der Waals surface area contributed by atoms with Crippen LogP contribution >= 0.6 is 0 Å². The molecule has 2 N–H and O–H groups in total. The molecule has 7 nitrogen and oxygen atoms in total. The maximum absolute atomic E-state index is 13.3. The summed E-state index contributed by atoms with van der Waals surface area (Å²) in [4.78, 5) is 39.1. The van der Waals surface area contributed by atoms with E-state index in [0.29, 0.717) is 17.8 Å². The molecule has 186 valence electrons. The van der Waals surface area contributed by atoms with E-state index < -0.39 is 29.7 Å². The van der Waals surface area contributed by atoms with Crippen LogP contribution < -0.4 is 10.6 Å². The van der Waals surface area contributed by atoms with Crippen LogP contribution in [0.1, 0.15) is 29.8 Å². The maximum Gasteiger partial charge on any atom is 0.328 e. The van der Waals surface area contributed by atoms with E-state index in [-0.39, 0.29) is 17.5 Å². The first-order chi connectivity index (χ1) is 17.2. The molecule has 3 aromatic carbocycles. The van der Waals surface area contributed by atoms with Gasteiger partial charge in [-0.1, -0.05) is 38.1 Å². The smallest absolute Gasteiger partial charge is 0.328 e. The number of anilines is 2. The van der Waals surface area contributed by atoms with Crippen LogP contribution in [0.5, 0.6) is 0 Å². The Kier molecular flexibility index (Phi) is 7.00. The second-order valence-electron chi connectivity index (χ2n) is 8.80. The summed E-state index contributed by atoms with van der Waals surface area (Å²) in [5, 5.41) is 5.07. The molecule has 0 aromatic heterocycles. The number of nitrogens with zero attached hydrogens (tertiary/aromatic N) is 1. The summed E-state index contributed by atoms with van der Waals surface area (Å²) < 4.78 is 31.3. The minimum atomic E-state index is -1.06. The number of carbonyl (C=O) groups excluding carboxylic acids is 3. The molecule has 0 fully saturated rings. The van der Waals surface area contributed by atoms with E-state index in [4.69, 9.17) is 4.74 Å². The standard InChI is InChI=1S/C27H25F2N3O4/c1-15(2)24(26(34)36-3)32-14-18-5-4-17(12-21(18)25(32)33)16-6-8-19(9-7-16)30-27(35)31-20-10-11-22(28)23(29)13-20/h4-13,15,24H,14H2,1-3H3,(H2,30,31,35). The van der Waals surface area contributed by atoms with E-state index in [9.17, 15) is 23.2 Å². The largest absolute Gasteiger partial charge is 0.467 e. The molecule has 3 amide bonds. The predicted molar refractivity (Wildman–Crippen MR) is 131 cm³/mol. The molecule has 4 rings (SSSR count). The SMILES string of the molecule is COC(=O)C(C(C)C)N1Cc2ccc(-c3ccc(NC(=O)Nc4ccc(F)c(F)c4)cc3)cc2C1=O. The number of esters is 1. The van der Waals surface area contributed by atoms with Gasteiger partial charge in [0.05, 0.1) is 7.11 Å². The Morgan fingerprint density at radius 2 is 1.53 bits per heavy atom. The van der Waals surface area contributed by atoms with Gasteiger partial charge in [0, 0.05) is 29.5 Å². The zero-order chi connectivity index (χ0) is 26.0. The van der Waals surface area contributed by atoms with E-state index in [0.717, 1.165) is 28.8 Å². The Hall–Kier alpha value is -4.27. The Morgan fingerprint density at radius 1 is 0.889 bits per heavy atom. The van der Waals surface area contributed by atoms with Crippen LogP contribution in [0.4, 0.5) is 25.0 Å². The number of nitrogens with one attached hydrogen (secondary N) is 2. The van der Waals surface area contributed by atoms with Crippen molar-refractivity contribution in [1.29, 1.82) is 0 Å². The van der Waals surface area contributed by atoms with Gasteiger partial charge in [-0.25, -0.2) is 18.4 Å². The lowest BCUT2D eigenvalue weighted by Crippen LogP contribution is -2.45. The minimum absolute atomic E-state index is 0.102. The van der Waals surface area contributed by atoms with Crippen LogP contribution in [0.25, 0.3) is 11.1 Å². The van der Waals surface area contributed by atoms with E-state index in [1.165, 1.54) is 13.2 Å². The number of halogens is 2. The van der Waals surface area contributed by atoms with E-state index in [1.54, 1.807) is 35.2 Å². The Bertz CT molecular complexity index is 1330. The van der Waals surface area contributed by atoms with Crippen molar-refractivity contribution in [3.05, 3.63) is 83.4 Å². The Labute approximate surface area is 207 Å². The lowest BCUT2D eigenvalue weighted by atomic mass is 10.00. The lowest BCUT2D eigenvalue weighted by Gasteiger charge is -2.28. The van der Waals surface area contributed by atoms with Gasteiger partial charge in [0.25, 0.3) is 5.91 Å². The molecule has 0 bridgehead atoms. The zero-order valence-electron chi connectivity index (χ0n) is 20.0. The van der Waals surface area contributed by atoms with Crippen LogP contribution in [0, 0.1) is 17.6 Å². The molecule has 0 spiro atoms. The molecule has 0 saturated carbocycles. The molecule has 1 unspecified atom stereocenters. The highest BCUT2D eigenvalue weighted by Gasteiger charge is 2.38. The number of hydrogen-bond donors (Lipinski definition) is 2. The maximum atomic E-state index is 13.3. The Balaban J connectivity index is 1.46. The van der Waals surface area contributed by atoms with Crippen molar-refractivity contribution in [3.63, 3.8) is 0 Å². The van der Waals surface area contributed by atoms with Crippen LogP contribution in [0.2, 0.25) is 0 Å². The summed E-state index contributed by atoms with van der Waals surface area (Å²) >= 11 is 0. The number of amides is 3. The molecular formula is C27H25F2N3O4. The summed E-state index contributed by atoms with van der Waals surface area (Å²) in [7, 11) is 1.31. The summed E-state index contributed by atoms with van der Waals surface area (Å²) in [5.41, 5.74) is 3.61. The third kappa shape index (κ3) is 5.05. The number of ether oxygens (including phenoxy) is 1. The van der Waals surface area contributed by atoms with Gasteiger partial charge in [0.15, 0.2) is 11.6 Å². The summed E-state index contributed by atoms with van der Waals surface area (Å²) in [5.74, 6) is -2.82. The fourth-order valence-corrected chi connectivity index (χ4v) is 4.22. The molecule has 1 atom stereocenters. The predicted octanol–water partition coefficient (Wildman–Crippen LogP) is 5.43. The topological polar surface area (TPSA) is 87.7 Å². The molecule has 1 heterocycles. The van der Waals surface area contributed by atoms with Crippen molar-refractivity contribution in [2.75, 3.05) is 17.7 Å². The molecule has 0 aliphatic carbocycles. The minimum Gasteiger partial charge on any atom is -0.467 e. The fraction of sp³-hybridized carbons (Fsp3) is 0.222. The van der Waals surface area contributed by atoms with E-state index in [2.05, 4.69) is 10.6 Å². The van der Waals surface area contributed by atoms with Gasteiger partial charge in [-0.05, 0) is 52.9 Å². The average molecular weight is 494 g/mol. The quantitative estimate of drug-likeness (QED) is 0.449. The normalized spacial score (nSPS) is 13.4. The second-order valence-corrected chi connectivity index (χ2v) is 8.80. The van der Waals surface area contributed by atoms with Gasteiger partial charge in [0.2, 0.25) is 0 Å². The summed E-state index contributed by atoms with van der Waals surface area (Å²) in [6.07, 6.45) is 0. The summed E-state index contributed by atoms with van der Waals surface area (Å²) in [6.45, 7) is 4.08. The van der Waals surface area contributed by atoms with Crippen molar-refractivity contribution >= 4 is 29.3 Å². The first-order valence-electron chi connectivity index (χ1n) is 11.3. The second kappa shape index (κ2) is 10.2. The van der Waals surface area contributed by atoms with Crippen LogP contribution in [0.15, 0.2) is 60.7 Å². The number of methoxy groups -OCH3 is 1. The van der Waals surface area contributed by atoms with Crippen molar-refractivity contribution in [1.82, 2.24) is 4.90 Å². The van der Waals surface area contributed by atoms with Gasteiger partial charge in [-0.2, -0.15) is 0 Å². The van der Waals surface area contributed by atoms with Crippen LogP contribution in [-0.4, -0.2) is 36.0 Å². The number of fused-ring (bicyclic) bond motifs is 1. The molecule has 36 heavy (non-hydrogen) atoms. The zero-order valence-corrected chi connectivity index (χ0v) is 20.0. The molecule has 3 aromatic rings. The van der Waals surface area contributed by atoms with Gasteiger partial charge in [-0.3, -0.25) is 4.79 Å². The molecule has 0 radical (unpaired) electrons. The van der Waals surface area contributed by atoms with Crippen LogP contribution in [0.3, 0.4) is 0 Å². The molecule has 1 aliphatic heterocycles. The van der Waals surface area contributed by atoms with Crippen molar-refractivity contribution < 1.29 is 27.9 Å². The van der Waals surface area contributed by atoms with Gasteiger partial charge in [0.1, 0.15) is 6.04 Å². The summed E-state index contributed by atoms with van der Waals surface area (Å²) in [6, 6.07) is 14.3. The highest BCUT2D eigenvalue weighted by Crippen LogP contribution is 2.32. The van der Waals surface area contributed by atoms with E-state index >= 15 is 0 Å². The van der Waals surface area contributed by atoms with Gasteiger partial charge in [-0.15, -0.1) is 0 Å². The van der Waals surface area contributed by atoms with Crippen molar-refractivity contribution in [3.8, 4) is 11.1 Å². The van der Waals surface area contributed by atoms with Gasteiger partial charge < -0.3 is 20.3 Å². The van der Waals surface area contributed by atoms with Gasteiger partial charge >= 0.3 is 12.0 Å². The fourth-order valence-electron chi connectivity index (χ4n) is 4.22. The molecule has 1 aliphatic rings. The number of hydrogen-bond acceptors (Lipinski definition) is 4. The third-order valence-corrected chi connectivity index (χ3v) is 6.01. The Morgan fingerprint density at radius 3 is 2.17 bits per heavy atom. The van der Waals surface area contributed by atoms with Crippen molar-refractivity contribution in [2.24, 2.45) is 5.92 Å². The van der Waals surface area contributed by atoms with Crippen molar-refractivity contribution in [2.45, 2.75) is 26.4 Å². The first kappa shape index (κ1) is 24.8. The number of carbonyl (C=O) groups is 3. The van der Waals surface area contributed by atoms with E-state index in [1.807, 2.05) is 26.0 Å². The number of rotatable bonds is 6. The average Bonchev–Trinajstić information content (AvgIpc) is 3.17. The monoisotopic (exact) mass is 493 g/mol. The number of urea groups is 1. The third-order valence-electron chi connectivity index (χ3n) is 6.01. The first-order valence-corrected chi connectivity index (χ1v) is 11.3. The highest BCUT2D eigenvalue weighted by atomic mass is 19.2. The molecule has 0 saturated heterocycles. The number of benzene rings is 3.